The van der Waals surface area contributed by atoms with E-state index in [1.807, 2.05) is 0 Å². The summed E-state index contributed by atoms with van der Waals surface area (Å²) >= 11 is 0. The highest BCUT2D eigenvalue weighted by atomic mass is 16.5. The first-order chi connectivity index (χ1) is 9.43. The normalized spacial score (nSPS) is 11.9. The molecular weight excluding hydrogens is 258 g/mol. The molecular formula is C14H19N3O3. The van der Waals surface area contributed by atoms with Crippen LogP contribution in [0.25, 0.3) is 11.0 Å². The Balaban J connectivity index is 2.30. The van der Waals surface area contributed by atoms with E-state index in [-0.39, 0.29) is 11.0 Å². The summed E-state index contributed by atoms with van der Waals surface area (Å²) in [4.78, 5) is 11.0. The van der Waals surface area contributed by atoms with Gasteiger partial charge in [0, 0.05) is 20.3 Å². The molecule has 0 saturated carbocycles. The van der Waals surface area contributed by atoms with Crippen molar-refractivity contribution in [3.63, 3.8) is 0 Å². The lowest BCUT2D eigenvalue weighted by atomic mass is 9.90. The molecule has 1 N–H and O–H groups in total. The van der Waals surface area contributed by atoms with Crippen LogP contribution >= 0.6 is 0 Å². The molecule has 6 heteroatoms. The highest BCUT2D eigenvalue weighted by molar-refractivity contribution is 5.92. The standard InChI is InChI=1S/C14H19N3O3/c1-14(2,6-7-20-3)9-17-12-8-10(13(18)19)4-5-11(12)15-16-17/h4-5,8H,6-7,9H2,1-3H3,(H,18,19). The molecule has 20 heavy (non-hydrogen) atoms. The Morgan fingerprint density at radius 3 is 2.85 bits per heavy atom. The summed E-state index contributed by atoms with van der Waals surface area (Å²) in [5.41, 5.74) is 1.69. The Morgan fingerprint density at radius 1 is 1.45 bits per heavy atom. The lowest BCUT2D eigenvalue weighted by molar-refractivity contribution is 0.0697. The van der Waals surface area contributed by atoms with E-state index < -0.39 is 5.97 Å². The molecule has 108 valence electrons. The van der Waals surface area contributed by atoms with Crippen LogP contribution in [0.1, 0.15) is 30.6 Å². The number of aromatic nitrogens is 3. The van der Waals surface area contributed by atoms with Crippen molar-refractivity contribution in [2.45, 2.75) is 26.8 Å². The van der Waals surface area contributed by atoms with E-state index in [9.17, 15) is 4.79 Å². The summed E-state index contributed by atoms with van der Waals surface area (Å²) in [7, 11) is 1.68. The molecule has 0 bridgehead atoms. The van der Waals surface area contributed by atoms with Gasteiger partial charge in [-0.2, -0.15) is 0 Å². The first-order valence-corrected chi connectivity index (χ1v) is 6.48. The second-order valence-corrected chi connectivity index (χ2v) is 5.66. The summed E-state index contributed by atoms with van der Waals surface area (Å²) in [6, 6.07) is 4.84. The van der Waals surface area contributed by atoms with E-state index in [4.69, 9.17) is 9.84 Å². The van der Waals surface area contributed by atoms with E-state index in [1.54, 1.807) is 30.0 Å². The third kappa shape index (κ3) is 3.14. The SMILES string of the molecule is COCCC(C)(C)Cn1nnc2ccc(C(=O)O)cc21. The number of nitrogens with zero attached hydrogens (tertiary/aromatic N) is 3. The molecule has 0 unspecified atom stereocenters. The Labute approximate surface area is 117 Å². The van der Waals surface area contributed by atoms with Crippen LogP contribution in [-0.4, -0.2) is 39.8 Å². The van der Waals surface area contributed by atoms with E-state index in [0.717, 1.165) is 11.9 Å². The number of carbonyl (C=O) groups is 1. The van der Waals surface area contributed by atoms with Crippen molar-refractivity contribution in [1.82, 2.24) is 15.0 Å². The van der Waals surface area contributed by atoms with Crippen LogP contribution in [0.5, 0.6) is 0 Å². The van der Waals surface area contributed by atoms with Gasteiger partial charge >= 0.3 is 5.97 Å². The number of benzene rings is 1. The van der Waals surface area contributed by atoms with Gasteiger partial charge in [-0.15, -0.1) is 5.10 Å². The Kier molecular flexibility index (Phi) is 4.04. The van der Waals surface area contributed by atoms with Gasteiger partial charge in [-0.25, -0.2) is 9.48 Å². The lowest BCUT2D eigenvalue weighted by Crippen LogP contribution is -2.22. The monoisotopic (exact) mass is 277 g/mol. The fraction of sp³-hybridized carbons (Fsp3) is 0.500. The maximum Gasteiger partial charge on any atom is 0.335 e. The molecule has 0 spiro atoms. The van der Waals surface area contributed by atoms with Gasteiger partial charge in [-0.05, 0) is 30.0 Å². The number of ether oxygens (including phenoxy) is 1. The number of carboxylic acids is 1. The summed E-state index contributed by atoms with van der Waals surface area (Å²) in [6.07, 6.45) is 0.892. The number of aromatic carboxylic acids is 1. The number of hydrogen-bond acceptors (Lipinski definition) is 4. The molecule has 0 aliphatic heterocycles. The van der Waals surface area contributed by atoms with Crippen molar-refractivity contribution in [1.29, 1.82) is 0 Å². The Bertz CT molecular complexity index is 619. The van der Waals surface area contributed by atoms with Gasteiger partial charge in [0.25, 0.3) is 0 Å². The quantitative estimate of drug-likeness (QED) is 0.875. The molecule has 0 fully saturated rings. The van der Waals surface area contributed by atoms with E-state index in [1.165, 1.54) is 0 Å². The average molecular weight is 277 g/mol. The van der Waals surface area contributed by atoms with Gasteiger partial charge in [0.2, 0.25) is 0 Å². The molecule has 1 aromatic carbocycles. The second-order valence-electron chi connectivity index (χ2n) is 5.66. The number of hydrogen-bond donors (Lipinski definition) is 1. The maximum atomic E-state index is 11.0. The molecule has 0 aliphatic rings. The zero-order valence-electron chi connectivity index (χ0n) is 12.0. The van der Waals surface area contributed by atoms with Crippen LogP contribution in [-0.2, 0) is 11.3 Å². The van der Waals surface area contributed by atoms with Gasteiger partial charge in [0.1, 0.15) is 5.52 Å². The van der Waals surface area contributed by atoms with Gasteiger partial charge in [0.15, 0.2) is 0 Å². The molecule has 2 rings (SSSR count). The molecule has 0 saturated heterocycles. The third-order valence-electron chi connectivity index (χ3n) is 3.32. The minimum Gasteiger partial charge on any atom is -0.478 e. The predicted octanol–water partition coefficient (Wildman–Crippen LogP) is 2.19. The smallest absolute Gasteiger partial charge is 0.335 e. The highest BCUT2D eigenvalue weighted by Crippen LogP contribution is 2.24. The Morgan fingerprint density at radius 2 is 2.20 bits per heavy atom. The molecule has 0 aliphatic carbocycles. The fourth-order valence-electron chi connectivity index (χ4n) is 2.08. The van der Waals surface area contributed by atoms with Gasteiger partial charge in [0.05, 0.1) is 11.1 Å². The molecule has 1 aromatic heterocycles. The number of fused-ring (bicyclic) bond motifs is 1. The zero-order valence-corrected chi connectivity index (χ0v) is 12.0. The summed E-state index contributed by atoms with van der Waals surface area (Å²) in [5.74, 6) is -0.946. The van der Waals surface area contributed by atoms with Gasteiger partial charge in [-0.1, -0.05) is 19.1 Å². The highest BCUT2D eigenvalue weighted by Gasteiger charge is 2.20. The molecule has 2 aromatic rings. The minimum absolute atomic E-state index is 0.00410. The van der Waals surface area contributed by atoms with Crippen molar-refractivity contribution in [2.75, 3.05) is 13.7 Å². The van der Waals surface area contributed by atoms with Crippen LogP contribution in [0.3, 0.4) is 0 Å². The minimum atomic E-state index is -0.946. The van der Waals surface area contributed by atoms with Gasteiger partial charge in [-0.3, -0.25) is 0 Å². The van der Waals surface area contributed by atoms with E-state index >= 15 is 0 Å². The van der Waals surface area contributed by atoms with Crippen molar-refractivity contribution in [2.24, 2.45) is 5.41 Å². The first kappa shape index (κ1) is 14.5. The van der Waals surface area contributed by atoms with E-state index in [0.29, 0.717) is 18.7 Å². The van der Waals surface area contributed by atoms with E-state index in [2.05, 4.69) is 24.2 Å². The van der Waals surface area contributed by atoms with Crippen molar-refractivity contribution in [3.05, 3.63) is 23.8 Å². The van der Waals surface area contributed by atoms with Crippen LogP contribution in [0.2, 0.25) is 0 Å². The summed E-state index contributed by atoms with van der Waals surface area (Å²) in [6.45, 7) is 5.59. The van der Waals surface area contributed by atoms with Crippen molar-refractivity contribution < 1.29 is 14.6 Å². The maximum absolute atomic E-state index is 11.0. The number of carboxylic acid groups (broad SMARTS) is 1. The average Bonchev–Trinajstić information content (AvgIpc) is 2.78. The summed E-state index contributed by atoms with van der Waals surface area (Å²) < 4.78 is 6.87. The zero-order chi connectivity index (χ0) is 14.8. The molecule has 0 atom stereocenters. The van der Waals surface area contributed by atoms with Gasteiger partial charge < -0.3 is 9.84 Å². The van der Waals surface area contributed by atoms with Crippen LogP contribution < -0.4 is 0 Å². The number of methoxy groups -OCH3 is 1. The largest absolute Gasteiger partial charge is 0.478 e. The Hall–Kier alpha value is -1.95. The second kappa shape index (κ2) is 5.58. The molecule has 0 radical (unpaired) electrons. The molecule has 6 nitrogen and oxygen atoms in total. The molecule has 1 heterocycles. The lowest BCUT2D eigenvalue weighted by Gasteiger charge is -2.24. The van der Waals surface area contributed by atoms with Crippen LogP contribution in [0.15, 0.2) is 18.2 Å². The van der Waals surface area contributed by atoms with Crippen LogP contribution in [0.4, 0.5) is 0 Å². The fourth-order valence-corrected chi connectivity index (χ4v) is 2.08. The molecule has 0 amide bonds. The van der Waals surface area contributed by atoms with Crippen molar-refractivity contribution in [3.8, 4) is 0 Å². The van der Waals surface area contributed by atoms with Crippen molar-refractivity contribution >= 4 is 17.0 Å². The summed E-state index contributed by atoms with van der Waals surface area (Å²) in [5, 5.41) is 17.2. The topological polar surface area (TPSA) is 77.2 Å². The predicted molar refractivity (Wildman–Crippen MR) is 74.8 cm³/mol. The number of rotatable bonds is 6. The third-order valence-corrected chi connectivity index (χ3v) is 3.32. The van der Waals surface area contributed by atoms with Crippen LogP contribution in [0, 0.1) is 5.41 Å². The first-order valence-electron chi connectivity index (χ1n) is 6.48.